The fourth-order valence-corrected chi connectivity index (χ4v) is 3.82. The van der Waals surface area contributed by atoms with Crippen molar-refractivity contribution < 1.29 is 24.9 Å². The second-order valence-electron chi connectivity index (χ2n) is 8.03. The number of aliphatic hydroxyl groups is 1. The predicted molar refractivity (Wildman–Crippen MR) is 120 cm³/mol. The third-order valence-electron chi connectivity index (χ3n) is 5.32. The highest BCUT2D eigenvalue weighted by Gasteiger charge is 2.19. The van der Waals surface area contributed by atoms with Gasteiger partial charge in [0.15, 0.2) is 0 Å². The van der Waals surface area contributed by atoms with E-state index < -0.39 is 18.0 Å². The van der Waals surface area contributed by atoms with Crippen LogP contribution in [0.5, 0.6) is 0 Å². The summed E-state index contributed by atoms with van der Waals surface area (Å²) in [7, 11) is 0. The van der Waals surface area contributed by atoms with Crippen molar-refractivity contribution in [1.29, 1.82) is 0 Å². The molecule has 1 unspecified atom stereocenters. The molecule has 0 bridgehead atoms. The highest BCUT2D eigenvalue weighted by atomic mass is 16.4. The summed E-state index contributed by atoms with van der Waals surface area (Å²) in [4.78, 5) is 19.4. The van der Waals surface area contributed by atoms with Gasteiger partial charge in [-0.2, -0.15) is 0 Å². The Morgan fingerprint density at radius 2 is 1.27 bits per heavy atom. The number of benzene rings is 1. The molecule has 5 heteroatoms. The summed E-state index contributed by atoms with van der Waals surface area (Å²) < 4.78 is 0. The Morgan fingerprint density at radius 3 is 1.80 bits per heavy atom. The molecule has 3 N–H and O–H groups in total. The van der Waals surface area contributed by atoms with E-state index in [1.165, 1.54) is 68.9 Å². The number of aliphatic carboxylic acids is 2. The van der Waals surface area contributed by atoms with E-state index in [0.29, 0.717) is 6.42 Å². The second kappa shape index (κ2) is 15.7. The average Bonchev–Trinajstić information content (AvgIpc) is 3.01. The van der Waals surface area contributed by atoms with Crippen LogP contribution in [0, 0.1) is 0 Å². The normalized spacial score (nSPS) is 14.5. The minimum Gasteiger partial charge on any atom is -0.481 e. The lowest BCUT2D eigenvalue weighted by molar-refractivity contribution is -0.137. The number of carboxylic acid groups (broad SMARTS) is 2. The third-order valence-corrected chi connectivity index (χ3v) is 5.32. The molecular weight excluding hydrogens is 380 g/mol. The highest BCUT2D eigenvalue weighted by Crippen LogP contribution is 2.36. The number of allylic oxidation sites excluding steroid dienone is 1. The van der Waals surface area contributed by atoms with Crippen LogP contribution in [0.3, 0.4) is 0 Å². The number of aliphatic hydroxyl groups excluding tert-OH is 1. The number of hydrogen-bond donors (Lipinski definition) is 3. The van der Waals surface area contributed by atoms with Gasteiger partial charge in [0, 0.05) is 13.3 Å². The Labute approximate surface area is 180 Å². The van der Waals surface area contributed by atoms with Gasteiger partial charge in [-0.1, -0.05) is 82.1 Å². The molecule has 1 atom stereocenters. The molecular formula is C25H38O5. The van der Waals surface area contributed by atoms with Gasteiger partial charge in [-0.05, 0) is 42.0 Å². The van der Waals surface area contributed by atoms with Crippen LogP contribution in [0.25, 0.3) is 5.57 Å². The molecule has 0 aromatic heterocycles. The van der Waals surface area contributed by atoms with Gasteiger partial charge < -0.3 is 15.3 Å². The summed E-state index contributed by atoms with van der Waals surface area (Å²) >= 11 is 0. The molecule has 0 aliphatic heterocycles. The topological polar surface area (TPSA) is 94.8 Å². The van der Waals surface area contributed by atoms with Gasteiger partial charge >= 0.3 is 5.97 Å². The van der Waals surface area contributed by atoms with Gasteiger partial charge in [0.25, 0.3) is 5.97 Å². The lowest BCUT2D eigenvalue weighted by atomic mass is 9.99. The Hall–Kier alpha value is -2.14. The van der Waals surface area contributed by atoms with Crippen LogP contribution in [-0.4, -0.2) is 27.3 Å². The Kier molecular flexibility index (Phi) is 13.5. The maximum atomic E-state index is 10.4. The predicted octanol–water partition coefficient (Wildman–Crippen LogP) is 6.36. The van der Waals surface area contributed by atoms with Crippen LogP contribution >= 0.6 is 0 Å². The molecule has 1 aromatic rings. The lowest BCUT2D eigenvalue weighted by Crippen LogP contribution is -1.93. The van der Waals surface area contributed by atoms with Gasteiger partial charge in [0.05, 0.1) is 6.10 Å². The van der Waals surface area contributed by atoms with Crippen molar-refractivity contribution in [2.24, 2.45) is 0 Å². The zero-order chi connectivity index (χ0) is 22.2. The van der Waals surface area contributed by atoms with Gasteiger partial charge in [-0.3, -0.25) is 9.59 Å². The first kappa shape index (κ1) is 25.9. The van der Waals surface area contributed by atoms with E-state index in [0.717, 1.165) is 31.7 Å². The molecule has 30 heavy (non-hydrogen) atoms. The molecule has 0 fully saturated rings. The van der Waals surface area contributed by atoms with E-state index in [-0.39, 0.29) is 0 Å². The highest BCUT2D eigenvalue weighted by molar-refractivity contribution is 5.74. The minimum atomic E-state index is -0.833. The zero-order valence-electron chi connectivity index (χ0n) is 18.3. The maximum absolute atomic E-state index is 10.4. The number of carboxylic acids is 2. The van der Waals surface area contributed by atoms with Gasteiger partial charge in [-0.15, -0.1) is 0 Å². The minimum absolute atomic E-state index is 0.321. The first-order chi connectivity index (χ1) is 14.4. The van der Waals surface area contributed by atoms with E-state index in [4.69, 9.17) is 15.0 Å². The van der Waals surface area contributed by atoms with Crippen molar-refractivity contribution in [2.45, 2.75) is 96.5 Å². The number of hydrogen-bond acceptors (Lipinski definition) is 3. The van der Waals surface area contributed by atoms with Crippen molar-refractivity contribution >= 4 is 17.5 Å². The van der Waals surface area contributed by atoms with Crippen molar-refractivity contribution in [3.8, 4) is 0 Å². The zero-order valence-corrected chi connectivity index (χ0v) is 18.3. The number of carbonyl (C=O) groups is 2. The van der Waals surface area contributed by atoms with E-state index in [2.05, 4.69) is 12.1 Å². The monoisotopic (exact) mass is 418 g/mol. The average molecular weight is 419 g/mol. The first-order valence-electron chi connectivity index (χ1n) is 11.3. The smallest absolute Gasteiger partial charge is 0.303 e. The van der Waals surface area contributed by atoms with Crippen LogP contribution in [0.1, 0.15) is 108 Å². The standard InChI is InChI=1S/C23H34O3.C2H4O2/c24-22-18-19(20-15-12-13-16-21(20)22)14-10-8-6-4-2-1-3-5-7-9-11-17-23(25)26;1-2(3)4/h12-13,15-16,18,22,24H,1-11,14,17H2,(H,25,26);1H3,(H,3,4). The van der Waals surface area contributed by atoms with E-state index in [9.17, 15) is 9.90 Å². The summed E-state index contributed by atoms with van der Waals surface area (Å²) in [6, 6.07) is 8.19. The molecule has 0 heterocycles. The van der Waals surface area contributed by atoms with Crippen LogP contribution < -0.4 is 0 Å². The fourth-order valence-electron chi connectivity index (χ4n) is 3.82. The first-order valence-corrected chi connectivity index (χ1v) is 11.3. The Balaban J connectivity index is 0.00000103. The molecule has 0 amide bonds. The molecule has 1 aliphatic carbocycles. The van der Waals surface area contributed by atoms with Crippen molar-refractivity contribution in [2.75, 3.05) is 0 Å². The van der Waals surface area contributed by atoms with E-state index >= 15 is 0 Å². The summed E-state index contributed by atoms with van der Waals surface area (Å²) in [6.07, 6.45) is 16.3. The molecule has 1 aromatic carbocycles. The Morgan fingerprint density at radius 1 is 0.800 bits per heavy atom. The largest absolute Gasteiger partial charge is 0.481 e. The second-order valence-corrected chi connectivity index (χ2v) is 8.03. The molecule has 0 saturated heterocycles. The van der Waals surface area contributed by atoms with Crippen LogP contribution in [0.15, 0.2) is 30.3 Å². The number of rotatable bonds is 14. The van der Waals surface area contributed by atoms with E-state index in [1.54, 1.807) is 0 Å². The van der Waals surface area contributed by atoms with E-state index in [1.807, 2.05) is 18.2 Å². The Bertz CT molecular complexity index is 661. The van der Waals surface area contributed by atoms with Crippen molar-refractivity contribution in [3.05, 3.63) is 41.5 Å². The van der Waals surface area contributed by atoms with Gasteiger partial charge in [-0.25, -0.2) is 0 Å². The van der Waals surface area contributed by atoms with Crippen molar-refractivity contribution in [1.82, 2.24) is 0 Å². The lowest BCUT2D eigenvalue weighted by Gasteiger charge is -2.06. The molecule has 0 radical (unpaired) electrons. The molecule has 5 nitrogen and oxygen atoms in total. The molecule has 1 aliphatic rings. The quantitative estimate of drug-likeness (QED) is 0.305. The third kappa shape index (κ3) is 11.8. The molecule has 0 saturated carbocycles. The summed E-state index contributed by atoms with van der Waals surface area (Å²) in [5.41, 5.74) is 3.62. The van der Waals surface area contributed by atoms with Gasteiger partial charge in [0.1, 0.15) is 0 Å². The van der Waals surface area contributed by atoms with Crippen LogP contribution in [0.2, 0.25) is 0 Å². The SMILES string of the molecule is CC(=O)O.O=C(O)CCCCCCCCCCCCCC1=CC(O)c2ccccc21. The fraction of sp³-hybridized carbons (Fsp3) is 0.600. The number of fused-ring (bicyclic) bond motifs is 1. The molecule has 168 valence electrons. The maximum Gasteiger partial charge on any atom is 0.303 e. The summed E-state index contributed by atoms with van der Waals surface area (Å²) in [5.74, 6) is -1.50. The molecule has 2 rings (SSSR count). The number of unbranched alkanes of at least 4 members (excludes halogenated alkanes) is 10. The summed E-state index contributed by atoms with van der Waals surface area (Å²) in [5, 5.41) is 26.1. The van der Waals surface area contributed by atoms with Crippen LogP contribution in [0.4, 0.5) is 0 Å². The molecule has 0 spiro atoms. The van der Waals surface area contributed by atoms with Gasteiger partial charge in [0.2, 0.25) is 0 Å². The van der Waals surface area contributed by atoms with Crippen LogP contribution in [-0.2, 0) is 9.59 Å². The van der Waals surface area contributed by atoms with Crippen molar-refractivity contribution in [3.63, 3.8) is 0 Å². The summed E-state index contributed by atoms with van der Waals surface area (Å²) in [6.45, 7) is 1.08.